The third kappa shape index (κ3) is 3.23. The molecule has 1 saturated heterocycles. The number of nitrogens with one attached hydrogen (secondary N) is 2. The molecule has 1 aromatic carbocycles. The van der Waals surface area contributed by atoms with E-state index in [-0.39, 0.29) is 17.8 Å². The normalized spacial score (nSPS) is 15.6. The van der Waals surface area contributed by atoms with Crippen LogP contribution >= 0.6 is 0 Å². The Morgan fingerprint density at radius 3 is 2.36 bits per heavy atom. The minimum atomic E-state index is -0.213. The van der Waals surface area contributed by atoms with Gasteiger partial charge in [0, 0.05) is 33.2 Å². The summed E-state index contributed by atoms with van der Waals surface area (Å²) in [5.74, 6) is 0. The monoisotopic (exact) mass is 345 g/mol. The first-order valence-electron chi connectivity index (χ1n) is 8.94. The Balaban J connectivity index is 2.04. The highest BCUT2D eigenvalue weighted by Gasteiger charge is 2.20. The van der Waals surface area contributed by atoms with E-state index in [9.17, 15) is 9.59 Å². The SMILES string of the molecule is CCC(C)NC(=O)Nc1cc2c(cc1N1CCCC1)n(C)c(=O)n2C. The summed E-state index contributed by atoms with van der Waals surface area (Å²) in [7, 11) is 3.53. The number of carbonyl (C=O) groups excluding carboxylic acids is 1. The second kappa shape index (κ2) is 6.82. The maximum Gasteiger partial charge on any atom is 0.328 e. The Kier molecular flexibility index (Phi) is 4.74. The van der Waals surface area contributed by atoms with Crippen LogP contribution in [-0.2, 0) is 14.1 Å². The van der Waals surface area contributed by atoms with E-state index in [1.54, 1.807) is 23.2 Å². The number of rotatable bonds is 4. The lowest BCUT2D eigenvalue weighted by Crippen LogP contribution is -2.36. The summed E-state index contributed by atoms with van der Waals surface area (Å²) in [5.41, 5.74) is 3.35. The Hall–Kier alpha value is -2.44. The van der Waals surface area contributed by atoms with E-state index in [1.807, 2.05) is 26.0 Å². The van der Waals surface area contributed by atoms with Crippen molar-refractivity contribution in [1.29, 1.82) is 0 Å². The second-order valence-corrected chi connectivity index (χ2v) is 6.86. The Labute approximate surface area is 147 Å². The minimum Gasteiger partial charge on any atom is -0.370 e. The van der Waals surface area contributed by atoms with Crippen LogP contribution in [-0.4, -0.2) is 34.3 Å². The predicted octanol–water partition coefficient (Wildman–Crippen LogP) is 2.40. The van der Waals surface area contributed by atoms with Crippen molar-refractivity contribution in [2.45, 2.75) is 39.2 Å². The van der Waals surface area contributed by atoms with Crippen molar-refractivity contribution in [1.82, 2.24) is 14.5 Å². The van der Waals surface area contributed by atoms with E-state index >= 15 is 0 Å². The zero-order valence-corrected chi connectivity index (χ0v) is 15.4. The van der Waals surface area contributed by atoms with Gasteiger partial charge in [-0.2, -0.15) is 0 Å². The van der Waals surface area contributed by atoms with E-state index in [4.69, 9.17) is 0 Å². The van der Waals surface area contributed by atoms with Gasteiger partial charge in [-0.05, 0) is 38.3 Å². The van der Waals surface area contributed by atoms with E-state index < -0.39 is 0 Å². The van der Waals surface area contributed by atoms with Gasteiger partial charge in [-0.15, -0.1) is 0 Å². The van der Waals surface area contributed by atoms with E-state index in [0.717, 1.165) is 54.8 Å². The average Bonchev–Trinajstić information content (AvgIpc) is 3.19. The van der Waals surface area contributed by atoms with Crippen molar-refractivity contribution in [3.8, 4) is 0 Å². The molecule has 7 heteroatoms. The highest BCUT2D eigenvalue weighted by molar-refractivity contribution is 5.98. The number of benzene rings is 1. The fourth-order valence-corrected chi connectivity index (χ4v) is 3.34. The summed E-state index contributed by atoms with van der Waals surface area (Å²) < 4.78 is 3.26. The van der Waals surface area contributed by atoms with Crippen LogP contribution in [0.5, 0.6) is 0 Å². The summed E-state index contributed by atoms with van der Waals surface area (Å²) in [4.78, 5) is 26.9. The van der Waals surface area contributed by atoms with Gasteiger partial charge < -0.3 is 15.5 Å². The van der Waals surface area contributed by atoms with E-state index in [1.165, 1.54) is 0 Å². The molecule has 0 aliphatic carbocycles. The van der Waals surface area contributed by atoms with Crippen molar-refractivity contribution in [2.75, 3.05) is 23.3 Å². The van der Waals surface area contributed by atoms with Gasteiger partial charge in [0.25, 0.3) is 0 Å². The molecule has 0 radical (unpaired) electrons. The van der Waals surface area contributed by atoms with E-state index in [0.29, 0.717) is 0 Å². The van der Waals surface area contributed by atoms with Gasteiger partial charge in [0.15, 0.2) is 0 Å². The third-order valence-electron chi connectivity index (χ3n) is 5.07. The number of imidazole rings is 1. The fourth-order valence-electron chi connectivity index (χ4n) is 3.34. The molecule has 25 heavy (non-hydrogen) atoms. The molecule has 7 nitrogen and oxygen atoms in total. The zero-order valence-electron chi connectivity index (χ0n) is 15.4. The van der Waals surface area contributed by atoms with Crippen LogP contribution in [0, 0.1) is 0 Å². The van der Waals surface area contributed by atoms with Crippen LogP contribution in [0.4, 0.5) is 16.2 Å². The third-order valence-corrected chi connectivity index (χ3v) is 5.07. The van der Waals surface area contributed by atoms with E-state index in [2.05, 4.69) is 15.5 Å². The van der Waals surface area contributed by atoms with Gasteiger partial charge in [-0.3, -0.25) is 9.13 Å². The standard InChI is InChI=1S/C18H27N5O2/c1-5-12(2)19-17(24)20-13-10-15-16(22(4)18(25)21(15)3)11-14(13)23-8-6-7-9-23/h10-12H,5-9H2,1-4H3,(H2,19,20,24). The molecule has 0 saturated carbocycles. The number of hydrogen-bond acceptors (Lipinski definition) is 3. The van der Waals surface area contributed by atoms with Gasteiger partial charge in [0.2, 0.25) is 0 Å². The lowest BCUT2D eigenvalue weighted by atomic mass is 10.2. The number of anilines is 2. The molecule has 1 atom stereocenters. The summed E-state index contributed by atoms with van der Waals surface area (Å²) in [6, 6.07) is 3.82. The molecule has 1 aliphatic heterocycles. The Morgan fingerprint density at radius 2 is 1.76 bits per heavy atom. The smallest absolute Gasteiger partial charge is 0.328 e. The molecular weight excluding hydrogens is 318 g/mol. The highest BCUT2D eigenvalue weighted by atomic mass is 16.2. The number of hydrogen-bond donors (Lipinski definition) is 2. The summed E-state index contributed by atoms with van der Waals surface area (Å²) in [6.07, 6.45) is 3.16. The minimum absolute atomic E-state index is 0.0661. The van der Waals surface area contributed by atoms with Crippen molar-refractivity contribution in [3.05, 3.63) is 22.6 Å². The zero-order chi connectivity index (χ0) is 18.1. The highest BCUT2D eigenvalue weighted by Crippen LogP contribution is 2.33. The molecule has 3 rings (SSSR count). The summed E-state index contributed by atoms with van der Waals surface area (Å²) in [5, 5.41) is 5.92. The van der Waals surface area contributed by atoms with Gasteiger partial charge in [0.1, 0.15) is 0 Å². The first-order valence-corrected chi connectivity index (χ1v) is 8.94. The summed E-state index contributed by atoms with van der Waals surface area (Å²) in [6.45, 7) is 5.94. The van der Waals surface area contributed by atoms with Gasteiger partial charge >= 0.3 is 11.7 Å². The molecule has 1 aliphatic rings. The van der Waals surface area contributed by atoms with Crippen LogP contribution < -0.4 is 21.2 Å². The number of amides is 2. The first-order chi connectivity index (χ1) is 11.9. The number of fused-ring (bicyclic) bond motifs is 1. The number of aromatic nitrogens is 2. The molecule has 1 aromatic heterocycles. The molecule has 2 N–H and O–H groups in total. The van der Waals surface area contributed by atoms with Crippen LogP contribution in [0.25, 0.3) is 11.0 Å². The number of nitrogens with zero attached hydrogens (tertiary/aromatic N) is 3. The molecule has 1 fully saturated rings. The number of urea groups is 1. The largest absolute Gasteiger partial charge is 0.370 e. The lowest BCUT2D eigenvalue weighted by Gasteiger charge is -2.23. The van der Waals surface area contributed by atoms with Crippen LogP contribution in [0.15, 0.2) is 16.9 Å². The van der Waals surface area contributed by atoms with Crippen LogP contribution in [0.1, 0.15) is 33.1 Å². The maximum absolute atomic E-state index is 12.3. The molecule has 0 spiro atoms. The topological polar surface area (TPSA) is 71.3 Å². The summed E-state index contributed by atoms with van der Waals surface area (Å²) >= 11 is 0. The molecular formula is C18H27N5O2. The van der Waals surface area contributed by atoms with Crippen LogP contribution in [0.2, 0.25) is 0 Å². The number of aryl methyl sites for hydroxylation is 2. The van der Waals surface area contributed by atoms with Gasteiger partial charge in [-0.1, -0.05) is 6.92 Å². The molecule has 1 unspecified atom stereocenters. The Bertz CT molecular complexity index is 845. The first kappa shape index (κ1) is 17.4. The van der Waals surface area contributed by atoms with Crippen molar-refractivity contribution in [3.63, 3.8) is 0 Å². The maximum atomic E-state index is 12.3. The second-order valence-electron chi connectivity index (χ2n) is 6.86. The molecule has 136 valence electrons. The van der Waals surface area contributed by atoms with Crippen molar-refractivity contribution >= 4 is 28.4 Å². The quantitative estimate of drug-likeness (QED) is 0.894. The lowest BCUT2D eigenvalue weighted by molar-refractivity contribution is 0.249. The molecule has 0 bridgehead atoms. The average molecular weight is 345 g/mol. The predicted molar refractivity (Wildman–Crippen MR) is 102 cm³/mol. The van der Waals surface area contributed by atoms with Gasteiger partial charge in [-0.25, -0.2) is 9.59 Å². The van der Waals surface area contributed by atoms with Crippen LogP contribution in [0.3, 0.4) is 0 Å². The van der Waals surface area contributed by atoms with Crippen molar-refractivity contribution in [2.24, 2.45) is 14.1 Å². The number of carbonyl (C=O) groups is 1. The molecule has 2 aromatic rings. The Morgan fingerprint density at radius 1 is 1.16 bits per heavy atom. The molecule has 2 heterocycles. The van der Waals surface area contributed by atoms with Crippen molar-refractivity contribution < 1.29 is 4.79 Å². The fraction of sp³-hybridized carbons (Fsp3) is 0.556. The molecule has 2 amide bonds. The van der Waals surface area contributed by atoms with Gasteiger partial charge in [0.05, 0.1) is 22.4 Å².